The fraction of sp³-hybridized carbons (Fsp3) is 0.138. The number of halogens is 1. The molecule has 1 N–H and O–H groups in total. The molecule has 8 heteroatoms. The quantitative estimate of drug-likeness (QED) is 0.217. The maximum Gasteiger partial charge on any atom is 0.338 e. The maximum atomic E-state index is 14.1. The van der Waals surface area contributed by atoms with Crippen molar-refractivity contribution in [3.05, 3.63) is 125 Å². The lowest BCUT2D eigenvalue weighted by molar-refractivity contribution is -0.140. The molecule has 1 atom stereocenters. The molecule has 1 aliphatic heterocycles. The number of rotatable bonds is 8. The Morgan fingerprint density at radius 2 is 1.76 bits per heavy atom. The Bertz CT molecular complexity index is 1450. The highest BCUT2D eigenvalue weighted by Gasteiger charge is 2.32. The second-order valence-corrected chi connectivity index (χ2v) is 9.43. The van der Waals surface area contributed by atoms with Crippen molar-refractivity contribution >= 4 is 29.8 Å². The molecule has 0 saturated carbocycles. The van der Waals surface area contributed by atoms with Gasteiger partial charge in [0.15, 0.2) is 0 Å². The van der Waals surface area contributed by atoms with Crippen LogP contribution in [0.5, 0.6) is 0 Å². The Labute approximate surface area is 218 Å². The molecule has 1 aliphatic rings. The van der Waals surface area contributed by atoms with Gasteiger partial charge in [-0.25, -0.2) is 13.9 Å². The summed E-state index contributed by atoms with van der Waals surface area (Å²) in [5, 5.41) is 8.34. The van der Waals surface area contributed by atoms with Crippen LogP contribution in [0.15, 0.2) is 107 Å². The predicted molar refractivity (Wildman–Crippen MR) is 143 cm³/mol. The molecular weight excluding hydrogens is 487 g/mol. The molecule has 0 amide bonds. The van der Waals surface area contributed by atoms with Crippen molar-refractivity contribution in [2.24, 2.45) is 0 Å². The number of allylic oxidation sites excluding steroid dienone is 2. The van der Waals surface area contributed by atoms with E-state index in [4.69, 9.17) is 4.74 Å². The SMILES string of the molecule is CC1=C(C(=O)OCc2ccccc2)C(/C=C/c2ccccc2)n2nc(SCc3ccccc3F)nc2N1. The Morgan fingerprint density at radius 3 is 2.51 bits per heavy atom. The average molecular weight is 513 g/mol. The number of carbonyl (C=O) groups excluding carboxylic acids is 1. The van der Waals surface area contributed by atoms with E-state index in [1.165, 1.54) is 17.8 Å². The number of nitrogens with zero attached hydrogens (tertiary/aromatic N) is 3. The molecule has 4 aromatic rings. The van der Waals surface area contributed by atoms with E-state index in [1.807, 2.05) is 79.7 Å². The fourth-order valence-electron chi connectivity index (χ4n) is 4.00. The van der Waals surface area contributed by atoms with Crippen LogP contribution in [-0.4, -0.2) is 20.7 Å². The van der Waals surface area contributed by atoms with Gasteiger partial charge in [0.25, 0.3) is 0 Å². The maximum absolute atomic E-state index is 14.1. The van der Waals surface area contributed by atoms with E-state index in [9.17, 15) is 9.18 Å². The molecule has 0 spiro atoms. The highest BCUT2D eigenvalue weighted by atomic mass is 32.2. The summed E-state index contributed by atoms with van der Waals surface area (Å²) in [6, 6.07) is 25.5. The predicted octanol–water partition coefficient (Wildman–Crippen LogP) is 6.41. The summed E-state index contributed by atoms with van der Waals surface area (Å²) in [6.45, 7) is 1.99. The first-order valence-corrected chi connectivity index (χ1v) is 12.8. The minimum Gasteiger partial charge on any atom is -0.457 e. The standard InChI is InChI=1S/C29H25FN4O2S/c1-20-26(27(35)36-18-22-12-6-3-7-13-22)25(17-16-21-10-4-2-5-11-21)34-28(31-20)32-29(33-34)37-19-23-14-8-9-15-24(23)30/h2-17,25H,18-19H2,1H3,(H,31,32,33)/b17-16+. The van der Waals surface area contributed by atoms with Gasteiger partial charge in [-0.15, -0.1) is 5.10 Å². The van der Waals surface area contributed by atoms with Crippen LogP contribution in [-0.2, 0) is 21.9 Å². The van der Waals surface area contributed by atoms with Gasteiger partial charge in [0.05, 0.1) is 5.57 Å². The lowest BCUT2D eigenvalue weighted by atomic mass is 10.0. The molecule has 0 radical (unpaired) electrons. The number of esters is 1. The second kappa shape index (κ2) is 11.3. The second-order valence-electron chi connectivity index (χ2n) is 8.48. The highest BCUT2D eigenvalue weighted by Crippen LogP contribution is 2.34. The van der Waals surface area contributed by atoms with Crippen molar-refractivity contribution < 1.29 is 13.9 Å². The van der Waals surface area contributed by atoms with Crippen molar-refractivity contribution in [1.29, 1.82) is 0 Å². The lowest BCUT2D eigenvalue weighted by Crippen LogP contribution is -2.28. The van der Waals surface area contributed by atoms with Gasteiger partial charge in [0, 0.05) is 11.4 Å². The molecule has 3 aromatic carbocycles. The van der Waals surface area contributed by atoms with Gasteiger partial charge < -0.3 is 10.1 Å². The Kier molecular flexibility index (Phi) is 7.46. The summed E-state index contributed by atoms with van der Waals surface area (Å²) in [7, 11) is 0. The van der Waals surface area contributed by atoms with Crippen molar-refractivity contribution in [2.45, 2.75) is 30.5 Å². The molecule has 6 nitrogen and oxygen atoms in total. The smallest absolute Gasteiger partial charge is 0.338 e. The van der Waals surface area contributed by atoms with Crippen LogP contribution in [0.3, 0.4) is 0 Å². The van der Waals surface area contributed by atoms with E-state index in [0.29, 0.717) is 33.7 Å². The van der Waals surface area contributed by atoms with Crippen LogP contribution in [0.2, 0.25) is 0 Å². The fourth-order valence-corrected chi connectivity index (χ4v) is 4.82. The van der Waals surface area contributed by atoms with Crippen LogP contribution < -0.4 is 5.32 Å². The van der Waals surface area contributed by atoms with E-state index in [-0.39, 0.29) is 12.4 Å². The monoisotopic (exact) mass is 512 g/mol. The van der Waals surface area contributed by atoms with Crippen LogP contribution in [0.4, 0.5) is 10.3 Å². The zero-order chi connectivity index (χ0) is 25.6. The number of ether oxygens (including phenoxy) is 1. The molecule has 2 heterocycles. The van der Waals surface area contributed by atoms with Crippen LogP contribution in [0.25, 0.3) is 6.08 Å². The summed E-state index contributed by atoms with van der Waals surface area (Å²) < 4.78 is 21.4. The van der Waals surface area contributed by atoms with Crippen LogP contribution >= 0.6 is 11.8 Å². The Morgan fingerprint density at radius 1 is 1.05 bits per heavy atom. The number of anilines is 1. The summed E-state index contributed by atoms with van der Waals surface area (Å²) in [6.07, 6.45) is 3.87. The molecular formula is C29H25FN4O2S. The van der Waals surface area contributed by atoms with E-state index in [0.717, 1.165) is 11.1 Å². The summed E-state index contributed by atoms with van der Waals surface area (Å²) in [4.78, 5) is 17.9. The minimum absolute atomic E-state index is 0.166. The third-order valence-electron chi connectivity index (χ3n) is 5.89. The van der Waals surface area contributed by atoms with Gasteiger partial charge in [0.1, 0.15) is 18.5 Å². The number of hydrogen-bond donors (Lipinski definition) is 1. The van der Waals surface area contributed by atoms with Crippen LogP contribution in [0.1, 0.15) is 29.7 Å². The van der Waals surface area contributed by atoms with Gasteiger partial charge in [0.2, 0.25) is 11.1 Å². The molecule has 1 unspecified atom stereocenters. The number of aromatic nitrogens is 3. The number of hydrogen-bond acceptors (Lipinski definition) is 6. The minimum atomic E-state index is -0.532. The molecule has 0 bridgehead atoms. The molecule has 5 rings (SSSR count). The number of benzene rings is 3. The molecule has 186 valence electrons. The Balaban J connectivity index is 1.42. The van der Waals surface area contributed by atoms with Crippen molar-refractivity contribution in [1.82, 2.24) is 14.8 Å². The first kappa shape index (κ1) is 24.5. The average Bonchev–Trinajstić information content (AvgIpc) is 3.33. The van der Waals surface area contributed by atoms with Gasteiger partial charge in [-0.2, -0.15) is 4.98 Å². The largest absolute Gasteiger partial charge is 0.457 e. The third kappa shape index (κ3) is 5.81. The summed E-state index contributed by atoms with van der Waals surface area (Å²) in [5.41, 5.74) is 3.57. The first-order valence-electron chi connectivity index (χ1n) is 11.8. The van der Waals surface area contributed by atoms with E-state index < -0.39 is 12.0 Å². The molecule has 1 aromatic heterocycles. The normalized spacial score (nSPS) is 14.9. The zero-order valence-electron chi connectivity index (χ0n) is 20.2. The lowest BCUT2D eigenvalue weighted by Gasteiger charge is -2.25. The zero-order valence-corrected chi connectivity index (χ0v) is 21.0. The molecule has 0 fully saturated rings. The molecule has 0 aliphatic carbocycles. The third-order valence-corrected chi connectivity index (χ3v) is 6.78. The highest BCUT2D eigenvalue weighted by molar-refractivity contribution is 7.98. The van der Waals surface area contributed by atoms with Gasteiger partial charge in [-0.1, -0.05) is 103 Å². The number of thioether (sulfide) groups is 1. The van der Waals surface area contributed by atoms with E-state index in [1.54, 1.807) is 22.9 Å². The van der Waals surface area contributed by atoms with Crippen molar-refractivity contribution in [3.63, 3.8) is 0 Å². The van der Waals surface area contributed by atoms with Crippen molar-refractivity contribution in [3.8, 4) is 0 Å². The Hall–Kier alpha value is -4.17. The topological polar surface area (TPSA) is 69.0 Å². The number of fused-ring (bicyclic) bond motifs is 1. The molecule has 0 saturated heterocycles. The summed E-state index contributed by atoms with van der Waals surface area (Å²) >= 11 is 1.33. The van der Waals surface area contributed by atoms with Gasteiger partial charge in [-0.05, 0) is 29.7 Å². The van der Waals surface area contributed by atoms with Gasteiger partial charge >= 0.3 is 5.97 Å². The number of carbonyl (C=O) groups is 1. The van der Waals surface area contributed by atoms with E-state index in [2.05, 4.69) is 15.4 Å². The van der Waals surface area contributed by atoms with E-state index >= 15 is 0 Å². The summed E-state index contributed by atoms with van der Waals surface area (Å²) in [5.74, 6) is 0.204. The number of nitrogens with one attached hydrogen (secondary N) is 1. The van der Waals surface area contributed by atoms with Gasteiger partial charge in [-0.3, -0.25) is 0 Å². The van der Waals surface area contributed by atoms with Crippen LogP contribution in [0, 0.1) is 5.82 Å². The van der Waals surface area contributed by atoms with Crippen molar-refractivity contribution in [2.75, 3.05) is 5.32 Å². The first-order chi connectivity index (χ1) is 18.1. The molecule has 37 heavy (non-hydrogen) atoms.